The lowest BCUT2D eigenvalue weighted by Crippen LogP contribution is -2.41. The lowest BCUT2D eigenvalue weighted by atomic mass is 10.1. The van der Waals surface area contributed by atoms with Crippen molar-refractivity contribution in [2.75, 3.05) is 13.7 Å². The fraction of sp³-hybridized carbons (Fsp3) is 0.636. The zero-order chi connectivity index (χ0) is 14.3. The highest BCUT2D eigenvalue weighted by molar-refractivity contribution is 5.93. The normalized spacial score (nSPS) is 12.1. The van der Waals surface area contributed by atoms with E-state index in [1.54, 1.807) is 0 Å². The number of ether oxygens (including phenoxy) is 1. The molecule has 1 amide bonds. The molecule has 0 aliphatic heterocycles. The molecule has 0 bridgehead atoms. The summed E-state index contributed by atoms with van der Waals surface area (Å²) in [5.74, 6) is -1.15. The van der Waals surface area contributed by atoms with E-state index in [9.17, 15) is 9.59 Å². The van der Waals surface area contributed by atoms with Gasteiger partial charge in [-0.2, -0.15) is 0 Å². The molecule has 1 rings (SSSR count). The number of aryl methyl sites for hydroxylation is 1. The standard InChI is InChI=1S/C11H18N4O4/c1-3-8-13-9(15-14-8)10(16)12-7(11(17)18)5-4-6-19-2/h7H,3-6H2,1-2H3,(H,12,16)(H,17,18)(H,13,14,15). The number of carboxylic acids is 1. The molecule has 106 valence electrons. The first-order chi connectivity index (χ1) is 9.08. The molecule has 19 heavy (non-hydrogen) atoms. The molecule has 3 N–H and O–H groups in total. The average molecular weight is 270 g/mol. The number of hydrogen-bond acceptors (Lipinski definition) is 5. The van der Waals surface area contributed by atoms with Crippen LogP contribution in [-0.2, 0) is 16.0 Å². The number of nitrogens with one attached hydrogen (secondary N) is 2. The fourth-order valence-electron chi connectivity index (χ4n) is 1.47. The zero-order valence-corrected chi connectivity index (χ0v) is 11.0. The summed E-state index contributed by atoms with van der Waals surface area (Å²) in [6.07, 6.45) is 1.46. The van der Waals surface area contributed by atoms with Gasteiger partial charge in [-0.25, -0.2) is 9.78 Å². The lowest BCUT2D eigenvalue weighted by molar-refractivity contribution is -0.139. The molecule has 0 aliphatic carbocycles. The number of hydrogen-bond donors (Lipinski definition) is 3. The molecule has 1 aromatic heterocycles. The number of carbonyl (C=O) groups is 2. The molecule has 1 heterocycles. The van der Waals surface area contributed by atoms with E-state index >= 15 is 0 Å². The van der Waals surface area contributed by atoms with Crippen LogP contribution < -0.4 is 5.32 Å². The van der Waals surface area contributed by atoms with Gasteiger partial charge in [0.25, 0.3) is 5.91 Å². The van der Waals surface area contributed by atoms with E-state index in [-0.39, 0.29) is 5.82 Å². The van der Waals surface area contributed by atoms with Crippen LogP contribution in [0.25, 0.3) is 0 Å². The van der Waals surface area contributed by atoms with Crippen LogP contribution in [0.2, 0.25) is 0 Å². The van der Waals surface area contributed by atoms with Gasteiger partial charge in [-0.3, -0.25) is 9.89 Å². The molecule has 0 aromatic carbocycles. The van der Waals surface area contributed by atoms with Crippen molar-refractivity contribution in [1.82, 2.24) is 20.5 Å². The van der Waals surface area contributed by atoms with E-state index < -0.39 is 17.9 Å². The van der Waals surface area contributed by atoms with E-state index in [0.29, 0.717) is 31.7 Å². The Morgan fingerprint density at radius 1 is 1.53 bits per heavy atom. The van der Waals surface area contributed by atoms with Crippen molar-refractivity contribution in [2.45, 2.75) is 32.2 Å². The van der Waals surface area contributed by atoms with Gasteiger partial charge < -0.3 is 15.2 Å². The molecule has 1 aromatic rings. The van der Waals surface area contributed by atoms with E-state index in [1.807, 2.05) is 6.92 Å². The molecule has 0 spiro atoms. The van der Waals surface area contributed by atoms with Gasteiger partial charge in [-0.05, 0) is 12.8 Å². The third-order valence-electron chi connectivity index (χ3n) is 2.51. The van der Waals surface area contributed by atoms with Crippen molar-refractivity contribution in [3.8, 4) is 0 Å². The maximum Gasteiger partial charge on any atom is 0.326 e. The van der Waals surface area contributed by atoms with Crippen molar-refractivity contribution in [3.05, 3.63) is 11.6 Å². The van der Waals surface area contributed by atoms with Gasteiger partial charge in [0.05, 0.1) is 0 Å². The van der Waals surface area contributed by atoms with Gasteiger partial charge in [-0.1, -0.05) is 6.92 Å². The van der Waals surface area contributed by atoms with E-state index in [0.717, 1.165) is 0 Å². The number of aromatic amines is 1. The summed E-state index contributed by atoms with van der Waals surface area (Å²) in [5, 5.41) is 17.7. The predicted octanol–water partition coefficient (Wildman–Crippen LogP) is -0.0233. The van der Waals surface area contributed by atoms with Crippen LogP contribution in [0.4, 0.5) is 0 Å². The minimum Gasteiger partial charge on any atom is -0.480 e. The largest absolute Gasteiger partial charge is 0.480 e. The van der Waals surface area contributed by atoms with Crippen molar-refractivity contribution < 1.29 is 19.4 Å². The number of carbonyl (C=O) groups excluding carboxylic acids is 1. The molecule has 1 atom stereocenters. The number of amides is 1. The summed E-state index contributed by atoms with van der Waals surface area (Å²) in [7, 11) is 1.54. The third kappa shape index (κ3) is 4.66. The summed E-state index contributed by atoms with van der Waals surface area (Å²) in [6, 6.07) is -0.966. The second-order valence-electron chi connectivity index (χ2n) is 3.96. The smallest absolute Gasteiger partial charge is 0.326 e. The number of methoxy groups -OCH3 is 1. The maximum atomic E-state index is 11.8. The monoisotopic (exact) mass is 270 g/mol. The first kappa shape index (κ1) is 15.1. The van der Waals surface area contributed by atoms with Crippen LogP contribution in [0.3, 0.4) is 0 Å². The molecular weight excluding hydrogens is 252 g/mol. The van der Waals surface area contributed by atoms with Crippen molar-refractivity contribution in [3.63, 3.8) is 0 Å². The number of nitrogens with zero attached hydrogens (tertiary/aromatic N) is 2. The summed E-state index contributed by atoms with van der Waals surface area (Å²) in [6.45, 7) is 2.31. The minimum absolute atomic E-state index is 0.0464. The quantitative estimate of drug-likeness (QED) is 0.571. The number of carboxylic acid groups (broad SMARTS) is 1. The van der Waals surface area contributed by atoms with Crippen LogP contribution in [0.1, 0.15) is 36.2 Å². The Labute approximate surface area is 110 Å². The highest BCUT2D eigenvalue weighted by atomic mass is 16.5. The van der Waals surface area contributed by atoms with Crippen molar-refractivity contribution in [1.29, 1.82) is 0 Å². The van der Waals surface area contributed by atoms with Gasteiger partial charge in [0.1, 0.15) is 11.9 Å². The SMILES string of the molecule is CCc1nc(C(=O)NC(CCCOC)C(=O)O)n[nH]1. The molecule has 0 radical (unpaired) electrons. The summed E-state index contributed by atoms with van der Waals surface area (Å²) < 4.78 is 4.84. The molecular formula is C11H18N4O4. The topological polar surface area (TPSA) is 117 Å². The molecule has 0 saturated carbocycles. The van der Waals surface area contributed by atoms with Crippen LogP contribution in [0.15, 0.2) is 0 Å². The van der Waals surface area contributed by atoms with Gasteiger partial charge in [0, 0.05) is 20.1 Å². The van der Waals surface area contributed by atoms with E-state index in [4.69, 9.17) is 9.84 Å². The first-order valence-corrected chi connectivity index (χ1v) is 6.02. The summed E-state index contributed by atoms with van der Waals surface area (Å²) >= 11 is 0. The predicted molar refractivity (Wildman–Crippen MR) is 65.8 cm³/mol. The van der Waals surface area contributed by atoms with E-state index in [2.05, 4.69) is 20.5 Å². The second kappa shape index (κ2) is 7.47. The number of aromatic nitrogens is 3. The van der Waals surface area contributed by atoms with Crippen LogP contribution >= 0.6 is 0 Å². The zero-order valence-electron chi connectivity index (χ0n) is 11.0. The second-order valence-corrected chi connectivity index (χ2v) is 3.96. The van der Waals surface area contributed by atoms with Gasteiger partial charge in [-0.15, -0.1) is 5.10 Å². The minimum atomic E-state index is -1.09. The third-order valence-corrected chi connectivity index (χ3v) is 2.51. The lowest BCUT2D eigenvalue weighted by Gasteiger charge is -2.12. The Morgan fingerprint density at radius 2 is 2.26 bits per heavy atom. The average Bonchev–Trinajstić information content (AvgIpc) is 2.86. The molecule has 0 aliphatic rings. The first-order valence-electron chi connectivity index (χ1n) is 6.02. The van der Waals surface area contributed by atoms with Crippen molar-refractivity contribution in [2.24, 2.45) is 0 Å². The molecule has 1 unspecified atom stereocenters. The van der Waals surface area contributed by atoms with Gasteiger partial charge >= 0.3 is 5.97 Å². The van der Waals surface area contributed by atoms with Crippen LogP contribution in [-0.4, -0.2) is 51.9 Å². The van der Waals surface area contributed by atoms with Gasteiger partial charge in [0.2, 0.25) is 5.82 Å². The van der Waals surface area contributed by atoms with Crippen molar-refractivity contribution >= 4 is 11.9 Å². The van der Waals surface area contributed by atoms with Crippen LogP contribution in [0.5, 0.6) is 0 Å². The Kier molecular flexibility index (Phi) is 5.94. The number of rotatable bonds is 8. The Morgan fingerprint density at radius 3 is 2.79 bits per heavy atom. The van der Waals surface area contributed by atoms with Gasteiger partial charge in [0.15, 0.2) is 0 Å². The number of H-pyrrole nitrogens is 1. The molecule has 0 fully saturated rings. The highest BCUT2D eigenvalue weighted by Crippen LogP contribution is 2.01. The Bertz CT molecular complexity index is 432. The Balaban J connectivity index is 2.57. The number of aliphatic carboxylic acids is 1. The summed E-state index contributed by atoms with van der Waals surface area (Å²) in [5.41, 5.74) is 0. The van der Waals surface area contributed by atoms with Crippen LogP contribution in [0, 0.1) is 0 Å². The molecule has 8 heteroatoms. The highest BCUT2D eigenvalue weighted by Gasteiger charge is 2.22. The molecule has 8 nitrogen and oxygen atoms in total. The Hall–Kier alpha value is -1.96. The fourth-order valence-corrected chi connectivity index (χ4v) is 1.47. The molecule has 0 saturated heterocycles. The maximum absolute atomic E-state index is 11.8. The summed E-state index contributed by atoms with van der Waals surface area (Å²) in [4.78, 5) is 26.7. The van der Waals surface area contributed by atoms with E-state index in [1.165, 1.54) is 7.11 Å².